The van der Waals surface area contributed by atoms with Gasteiger partial charge in [0.15, 0.2) is 0 Å². The van der Waals surface area contributed by atoms with Gasteiger partial charge in [-0.3, -0.25) is 0 Å². The molecule has 0 aromatic rings. The summed E-state index contributed by atoms with van der Waals surface area (Å²) in [5.41, 5.74) is 0. The van der Waals surface area contributed by atoms with E-state index in [1.54, 1.807) is 7.11 Å². The molecular formula is C8H20O3. The lowest BCUT2D eigenvalue weighted by Crippen LogP contribution is -2.03. The molecule has 0 aromatic carbocycles. The number of hydrogen-bond acceptors (Lipinski definition) is 3. The number of aliphatic hydroxyl groups is 2. The molecule has 0 saturated carbocycles. The molecule has 0 rings (SSSR count). The first kappa shape index (κ1) is 13.5. The van der Waals surface area contributed by atoms with Crippen LogP contribution in [0.4, 0.5) is 0 Å². The van der Waals surface area contributed by atoms with Gasteiger partial charge in [-0.1, -0.05) is 6.92 Å². The molecule has 0 aromatic heterocycles. The number of methoxy groups -OCH3 is 1. The van der Waals surface area contributed by atoms with Crippen molar-refractivity contribution in [1.29, 1.82) is 0 Å². The molecule has 2 atom stereocenters. The average molecular weight is 164 g/mol. The maximum Gasteiger partial charge on any atom is 0.0742 e. The van der Waals surface area contributed by atoms with Gasteiger partial charge >= 0.3 is 0 Å². The number of hydrogen-bond donors (Lipinski definition) is 2. The SMILES string of the molecule is CC(O)CO.CCC(C)OC. The van der Waals surface area contributed by atoms with Gasteiger partial charge in [0.2, 0.25) is 0 Å². The second kappa shape index (κ2) is 9.88. The van der Waals surface area contributed by atoms with Crippen molar-refractivity contribution in [1.82, 2.24) is 0 Å². The predicted octanol–water partition coefficient (Wildman–Crippen LogP) is 0.791. The highest BCUT2D eigenvalue weighted by atomic mass is 16.5. The van der Waals surface area contributed by atoms with Crippen molar-refractivity contribution in [3.05, 3.63) is 0 Å². The lowest BCUT2D eigenvalue weighted by Gasteiger charge is -2.01. The van der Waals surface area contributed by atoms with E-state index in [0.717, 1.165) is 6.42 Å². The summed E-state index contributed by atoms with van der Waals surface area (Å²) in [7, 11) is 1.73. The van der Waals surface area contributed by atoms with Crippen molar-refractivity contribution in [2.24, 2.45) is 0 Å². The van der Waals surface area contributed by atoms with Crippen LogP contribution in [0.15, 0.2) is 0 Å². The molecule has 2 N–H and O–H groups in total. The average Bonchev–Trinajstić information content (AvgIpc) is 2.04. The first-order valence-corrected chi connectivity index (χ1v) is 3.90. The summed E-state index contributed by atoms with van der Waals surface area (Å²) < 4.78 is 4.90. The quantitative estimate of drug-likeness (QED) is 0.648. The van der Waals surface area contributed by atoms with E-state index in [1.807, 2.05) is 0 Å². The second-order valence-electron chi connectivity index (χ2n) is 2.49. The Balaban J connectivity index is 0. The zero-order chi connectivity index (χ0) is 9.28. The van der Waals surface area contributed by atoms with Crippen LogP contribution in [-0.4, -0.2) is 36.1 Å². The Bertz CT molecular complexity index is 60.4. The van der Waals surface area contributed by atoms with Crippen LogP contribution in [0.3, 0.4) is 0 Å². The fourth-order valence-electron chi connectivity index (χ4n) is 0.167. The van der Waals surface area contributed by atoms with E-state index >= 15 is 0 Å². The molecule has 0 spiro atoms. The summed E-state index contributed by atoms with van der Waals surface area (Å²) in [5, 5.41) is 16.0. The third-order valence-electron chi connectivity index (χ3n) is 1.24. The topological polar surface area (TPSA) is 49.7 Å². The minimum absolute atomic E-state index is 0.139. The van der Waals surface area contributed by atoms with Gasteiger partial charge in [0.25, 0.3) is 0 Å². The van der Waals surface area contributed by atoms with Crippen molar-refractivity contribution in [3.8, 4) is 0 Å². The first-order valence-electron chi connectivity index (χ1n) is 3.90. The fourth-order valence-corrected chi connectivity index (χ4v) is 0.167. The van der Waals surface area contributed by atoms with Crippen LogP contribution >= 0.6 is 0 Å². The Kier molecular flexibility index (Phi) is 12.1. The molecule has 0 saturated heterocycles. The fraction of sp³-hybridized carbons (Fsp3) is 1.00. The summed E-state index contributed by atoms with van der Waals surface area (Å²) >= 11 is 0. The first-order chi connectivity index (χ1) is 5.08. The summed E-state index contributed by atoms with van der Waals surface area (Å²) in [6, 6.07) is 0. The van der Waals surface area contributed by atoms with Crippen LogP contribution in [0.5, 0.6) is 0 Å². The highest BCUT2D eigenvalue weighted by Gasteiger charge is 1.88. The molecule has 0 aliphatic heterocycles. The minimum Gasteiger partial charge on any atom is -0.394 e. The van der Waals surface area contributed by atoms with E-state index in [9.17, 15) is 0 Å². The van der Waals surface area contributed by atoms with Gasteiger partial charge in [-0.2, -0.15) is 0 Å². The Hall–Kier alpha value is -0.120. The van der Waals surface area contributed by atoms with Crippen molar-refractivity contribution in [2.45, 2.75) is 39.4 Å². The third-order valence-corrected chi connectivity index (χ3v) is 1.24. The van der Waals surface area contributed by atoms with Gasteiger partial charge in [-0.05, 0) is 20.3 Å². The van der Waals surface area contributed by atoms with E-state index in [0.29, 0.717) is 6.10 Å². The number of ether oxygens (including phenoxy) is 1. The predicted molar refractivity (Wildman–Crippen MR) is 45.5 cm³/mol. The van der Waals surface area contributed by atoms with Crippen molar-refractivity contribution in [2.75, 3.05) is 13.7 Å². The molecule has 0 aliphatic rings. The van der Waals surface area contributed by atoms with Crippen LogP contribution in [0.25, 0.3) is 0 Å². The summed E-state index contributed by atoms with van der Waals surface area (Å²) in [6.45, 7) is 5.55. The van der Waals surface area contributed by atoms with Gasteiger partial charge in [-0.15, -0.1) is 0 Å². The number of aliphatic hydroxyl groups excluding tert-OH is 2. The molecule has 3 nitrogen and oxygen atoms in total. The lowest BCUT2D eigenvalue weighted by atomic mass is 10.3. The molecule has 2 unspecified atom stereocenters. The molecular weight excluding hydrogens is 144 g/mol. The Morgan fingerprint density at radius 2 is 1.73 bits per heavy atom. The molecule has 0 amide bonds. The third kappa shape index (κ3) is 17.7. The monoisotopic (exact) mass is 164 g/mol. The Morgan fingerprint density at radius 1 is 1.36 bits per heavy atom. The molecule has 0 heterocycles. The standard InChI is InChI=1S/C5H12O.C3H8O2/c1-4-5(2)6-3;1-3(5)2-4/h5H,4H2,1-3H3;3-5H,2H2,1H3. The van der Waals surface area contributed by atoms with Crippen molar-refractivity contribution < 1.29 is 14.9 Å². The summed E-state index contributed by atoms with van der Waals surface area (Å²) in [4.78, 5) is 0. The van der Waals surface area contributed by atoms with E-state index in [1.165, 1.54) is 6.92 Å². The van der Waals surface area contributed by atoms with E-state index in [2.05, 4.69) is 13.8 Å². The van der Waals surface area contributed by atoms with Crippen LogP contribution in [0.1, 0.15) is 27.2 Å². The van der Waals surface area contributed by atoms with Gasteiger partial charge < -0.3 is 14.9 Å². The maximum atomic E-state index is 8.11. The molecule has 70 valence electrons. The highest BCUT2D eigenvalue weighted by Crippen LogP contribution is 1.89. The lowest BCUT2D eigenvalue weighted by molar-refractivity contribution is 0.110. The molecule has 0 radical (unpaired) electrons. The normalized spacial score (nSPS) is 14.7. The minimum atomic E-state index is -0.560. The molecule has 0 fully saturated rings. The van der Waals surface area contributed by atoms with Gasteiger partial charge in [-0.25, -0.2) is 0 Å². The van der Waals surface area contributed by atoms with Gasteiger partial charge in [0.05, 0.1) is 18.8 Å². The van der Waals surface area contributed by atoms with E-state index in [4.69, 9.17) is 14.9 Å². The van der Waals surface area contributed by atoms with Gasteiger partial charge in [0.1, 0.15) is 0 Å². The van der Waals surface area contributed by atoms with Crippen LogP contribution in [-0.2, 0) is 4.74 Å². The largest absolute Gasteiger partial charge is 0.394 e. The van der Waals surface area contributed by atoms with Crippen molar-refractivity contribution >= 4 is 0 Å². The number of rotatable bonds is 3. The zero-order valence-corrected chi connectivity index (χ0v) is 7.87. The second-order valence-corrected chi connectivity index (χ2v) is 2.49. The summed E-state index contributed by atoms with van der Waals surface area (Å²) in [6.07, 6.45) is 0.983. The molecule has 0 bridgehead atoms. The van der Waals surface area contributed by atoms with Crippen molar-refractivity contribution in [3.63, 3.8) is 0 Å². The Morgan fingerprint density at radius 3 is 1.73 bits per heavy atom. The van der Waals surface area contributed by atoms with Crippen LogP contribution in [0.2, 0.25) is 0 Å². The highest BCUT2D eigenvalue weighted by molar-refractivity contribution is 4.38. The smallest absolute Gasteiger partial charge is 0.0742 e. The summed E-state index contributed by atoms with van der Waals surface area (Å²) in [5.74, 6) is 0. The van der Waals surface area contributed by atoms with Gasteiger partial charge in [0, 0.05) is 7.11 Å². The van der Waals surface area contributed by atoms with Crippen LogP contribution < -0.4 is 0 Å². The van der Waals surface area contributed by atoms with E-state index in [-0.39, 0.29) is 6.61 Å². The molecule has 11 heavy (non-hydrogen) atoms. The molecule has 0 aliphatic carbocycles. The van der Waals surface area contributed by atoms with Crippen LogP contribution in [0, 0.1) is 0 Å². The maximum absolute atomic E-state index is 8.11. The Labute approximate surface area is 69.0 Å². The molecule has 3 heteroatoms. The zero-order valence-electron chi connectivity index (χ0n) is 7.87. The van der Waals surface area contributed by atoms with E-state index < -0.39 is 6.10 Å².